The fraction of sp³-hybridized carbons (Fsp3) is 0.538. The van der Waals surface area contributed by atoms with Crippen molar-refractivity contribution < 1.29 is 17.9 Å². The monoisotopic (exact) mass is 285 g/mol. The summed E-state index contributed by atoms with van der Waals surface area (Å²) in [5.74, 6) is 1.33. The van der Waals surface area contributed by atoms with E-state index in [-0.39, 0.29) is 4.90 Å². The molecule has 0 heterocycles. The molecule has 1 fully saturated rings. The van der Waals surface area contributed by atoms with E-state index < -0.39 is 10.0 Å². The third kappa shape index (κ3) is 3.01. The molecule has 0 amide bonds. The van der Waals surface area contributed by atoms with Gasteiger partial charge in [0.25, 0.3) is 0 Å². The van der Waals surface area contributed by atoms with Crippen molar-refractivity contribution in [3.63, 3.8) is 0 Å². The maximum Gasteiger partial charge on any atom is 0.246 e. The standard InChI is InChI=1S/C13H19NO4S/c1-14(9-10-4-5-10)19(15,16)13-8-11(17-2)6-7-12(13)18-3/h6-8,10H,4-5,9H2,1-3H3. The van der Waals surface area contributed by atoms with E-state index in [4.69, 9.17) is 9.47 Å². The minimum Gasteiger partial charge on any atom is -0.497 e. The average Bonchev–Trinajstić information content (AvgIpc) is 3.21. The van der Waals surface area contributed by atoms with Gasteiger partial charge in [-0.3, -0.25) is 0 Å². The van der Waals surface area contributed by atoms with Crippen LogP contribution in [0.4, 0.5) is 0 Å². The van der Waals surface area contributed by atoms with Crippen LogP contribution in [-0.4, -0.2) is 40.5 Å². The van der Waals surface area contributed by atoms with Crippen LogP contribution in [0.15, 0.2) is 23.1 Å². The maximum absolute atomic E-state index is 12.5. The van der Waals surface area contributed by atoms with Gasteiger partial charge >= 0.3 is 0 Å². The molecule has 0 saturated heterocycles. The minimum atomic E-state index is -3.54. The number of hydrogen-bond acceptors (Lipinski definition) is 4. The lowest BCUT2D eigenvalue weighted by Crippen LogP contribution is -2.29. The number of hydrogen-bond donors (Lipinski definition) is 0. The first-order chi connectivity index (χ1) is 8.98. The SMILES string of the molecule is COc1ccc(OC)c(S(=O)(=O)N(C)CC2CC2)c1. The number of ether oxygens (including phenoxy) is 2. The topological polar surface area (TPSA) is 55.8 Å². The second-order valence-corrected chi connectivity index (χ2v) is 6.76. The third-order valence-corrected chi connectivity index (χ3v) is 5.12. The molecule has 2 rings (SSSR count). The van der Waals surface area contributed by atoms with E-state index >= 15 is 0 Å². The van der Waals surface area contributed by atoms with E-state index in [2.05, 4.69) is 0 Å². The van der Waals surface area contributed by atoms with Gasteiger partial charge in [-0.1, -0.05) is 0 Å². The molecule has 0 atom stereocenters. The normalized spacial score (nSPS) is 15.6. The molecule has 6 heteroatoms. The van der Waals surface area contributed by atoms with Crippen molar-refractivity contribution in [1.29, 1.82) is 0 Å². The molecule has 0 unspecified atom stereocenters. The van der Waals surface area contributed by atoms with Gasteiger partial charge in [0.05, 0.1) is 14.2 Å². The van der Waals surface area contributed by atoms with Gasteiger partial charge in [-0.05, 0) is 30.9 Å². The third-order valence-electron chi connectivity index (χ3n) is 3.27. The Hall–Kier alpha value is -1.27. The number of rotatable bonds is 6. The fourth-order valence-electron chi connectivity index (χ4n) is 1.92. The Labute approximate surface area is 114 Å². The molecule has 1 aliphatic rings. The summed E-state index contributed by atoms with van der Waals surface area (Å²) in [5, 5.41) is 0. The molecule has 0 N–H and O–H groups in total. The first-order valence-electron chi connectivity index (χ1n) is 6.17. The van der Waals surface area contributed by atoms with Gasteiger partial charge < -0.3 is 9.47 Å². The molecule has 0 aliphatic heterocycles. The minimum absolute atomic E-state index is 0.150. The molecule has 1 saturated carbocycles. The average molecular weight is 285 g/mol. The Morgan fingerprint density at radius 2 is 1.95 bits per heavy atom. The molecule has 1 aromatic rings. The summed E-state index contributed by atoms with van der Waals surface area (Å²) in [5.41, 5.74) is 0. The predicted molar refractivity (Wildman–Crippen MR) is 72.1 cm³/mol. The van der Waals surface area contributed by atoms with Gasteiger partial charge in [0, 0.05) is 19.7 Å². The molecule has 0 radical (unpaired) electrons. The van der Waals surface area contributed by atoms with E-state index in [1.54, 1.807) is 19.2 Å². The van der Waals surface area contributed by atoms with Crippen LogP contribution in [0.1, 0.15) is 12.8 Å². The van der Waals surface area contributed by atoms with E-state index in [1.165, 1.54) is 24.6 Å². The molecule has 0 aromatic heterocycles. The van der Waals surface area contributed by atoms with Crippen molar-refractivity contribution >= 4 is 10.0 Å². The summed E-state index contributed by atoms with van der Waals surface area (Å²) in [6.07, 6.45) is 2.21. The highest BCUT2D eigenvalue weighted by molar-refractivity contribution is 7.89. The number of sulfonamides is 1. The van der Waals surface area contributed by atoms with Crippen LogP contribution in [0.5, 0.6) is 11.5 Å². The highest BCUT2D eigenvalue weighted by atomic mass is 32.2. The lowest BCUT2D eigenvalue weighted by atomic mass is 10.3. The first-order valence-corrected chi connectivity index (χ1v) is 7.61. The van der Waals surface area contributed by atoms with Crippen LogP contribution < -0.4 is 9.47 Å². The highest BCUT2D eigenvalue weighted by Gasteiger charge is 2.31. The molecular weight excluding hydrogens is 266 g/mol. The van der Waals surface area contributed by atoms with E-state index in [9.17, 15) is 8.42 Å². The highest BCUT2D eigenvalue weighted by Crippen LogP contribution is 2.34. The van der Waals surface area contributed by atoms with Crippen LogP contribution in [0.3, 0.4) is 0 Å². The second kappa shape index (κ2) is 5.38. The Morgan fingerprint density at radius 3 is 2.47 bits per heavy atom. The molecule has 0 spiro atoms. The van der Waals surface area contributed by atoms with Crippen molar-refractivity contribution in [2.24, 2.45) is 5.92 Å². The van der Waals surface area contributed by atoms with Gasteiger partial charge in [-0.25, -0.2) is 12.7 Å². The van der Waals surface area contributed by atoms with Crippen LogP contribution in [0.2, 0.25) is 0 Å². The van der Waals surface area contributed by atoms with Gasteiger partial charge in [-0.2, -0.15) is 0 Å². The summed E-state index contributed by atoms with van der Waals surface area (Å²) < 4.78 is 36.7. The molecule has 106 valence electrons. The quantitative estimate of drug-likeness (QED) is 0.799. The van der Waals surface area contributed by atoms with Gasteiger partial charge in [0.1, 0.15) is 16.4 Å². The largest absolute Gasteiger partial charge is 0.497 e. The number of methoxy groups -OCH3 is 2. The smallest absolute Gasteiger partial charge is 0.246 e. The number of nitrogens with zero attached hydrogens (tertiary/aromatic N) is 1. The van der Waals surface area contributed by atoms with Crippen LogP contribution in [0, 0.1) is 5.92 Å². The van der Waals surface area contributed by atoms with Crippen LogP contribution in [-0.2, 0) is 10.0 Å². The summed E-state index contributed by atoms with van der Waals surface area (Å²) in [7, 11) is 1.03. The summed E-state index contributed by atoms with van der Waals surface area (Å²) >= 11 is 0. The lowest BCUT2D eigenvalue weighted by molar-refractivity contribution is 0.387. The first kappa shape index (κ1) is 14.1. The Balaban J connectivity index is 2.36. The zero-order valence-electron chi connectivity index (χ0n) is 11.4. The van der Waals surface area contributed by atoms with E-state index in [0.29, 0.717) is 24.0 Å². The molecule has 1 aliphatic carbocycles. The maximum atomic E-state index is 12.5. The van der Waals surface area contributed by atoms with Crippen molar-refractivity contribution in [2.75, 3.05) is 27.8 Å². The predicted octanol–water partition coefficient (Wildman–Crippen LogP) is 1.73. The molecular formula is C13H19NO4S. The zero-order valence-corrected chi connectivity index (χ0v) is 12.2. The van der Waals surface area contributed by atoms with Gasteiger partial charge in [-0.15, -0.1) is 0 Å². The van der Waals surface area contributed by atoms with Crippen LogP contribution >= 0.6 is 0 Å². The zero-order chi connectivity index (χ0) is 14.0. The Kier molecular flexibility index (Phi) is 4.01. The Bertz CT molecular complexity index is 552. The second-order valence-electron chi connectivity index (χ2n) is 4.75. The summed E-state index contributed by atoms with van der Waals surface area (Å²) in [6.45, 7) is 0.558. The summed E-state index contributed by atoms with van der Waals surface area (Å²) in [6, 6.07) is 4.78. The molecule has 19 heavy (non-hydrogen) atoms. The molecule has 1 aromatic carbocycles. The fourth-order valence-corrected chi connectivity index (χ4v) is 3.33. The van der Waals surface area contributed by atoms with Gasteiger partial charge in [0.2, 0.25) is 10.0 Å². The van der Waals surface area contributed by atoms with Crippen LogP contribution in [0.25, 0.3) is 0 Å². The molecule has 5 nitrogen and oxygen atoms in total. The number of benzene rings is 1. The lowest BCUT2D eigenvalue weighted by Gasteiger charge is -2.19. The van der Waals surface area contributed by atoms with Gasteiger partial charge in [0.15, 0.2) is 0 Å². The molecule has 0 bridgehead atoms. The van der Waals surface area contributed by atoms with E-state index in [1.807, 2.05) is 0 Å². The van der Waals surface area contributed by atoms with Crippen molar-refractivity contribution in [3.05, 3.63) is 18.2 Å². The summed E-state index contributed by atoms with van der Waals surface area (Å²) in [4.78, 5) is 0.150. The Morgan fingerprint density at radius 1 is 1.26 bits per heavy atom. The van der Waals surface area contributed by atoms with Crippen molar-refractivity contribution in [3.8, 4) is 11.5 Å². The van der Waals surface area contributed by atoms with Crippen molar-refractivity contribution in [1.82, 2.24) is 4.31 Å². The van der Waals surface area contributed by atoms with E-state index in [0.717, 1.165) is 12.8 Å². The van der Waals surface area contributed by atoms with Crippen molar-refractivity contribution in [2.45, 2.75) is 17.7 Å².